The Bertz CT molecular complexity index is 1050. The number of nitrogens with two attached hydrogens (primary N) is 1. The molecule has 240 valence electrons. The molecule has 1 saturated heterocycles. The van der Waals surface area contributed by atoms with Crippen LogP contribution in [0.1, 0.15) is 114 Å². The van der Waals surface area contributed by atoms with Gasteiger partial charge in [-0.15, -0.1) is 0 Å². The Morgan fingerprint density at radius 2 is 1.40 bits per heavy atom. The van der Waals surface area contributed by atoms with Gasteiger partial charge in [-0.3, -0.25) is 4.79 Å². The molecule has 0 saturated carbocycles. The minimum atomic E-state index is -0.463. The van der Waals surface area contributed by atoms with Crippen molar-refractivity contribution in [3.05, 3.63) is 65.2 Å². The third kappa shape index (κ3) is 12.3. The van der Waals surface area contributed by atoms with Gasteiger partial charge in [0.25, 0.3) is 0 Å². The number of esters is 1. The van der Waals surface area contributed by atoms with Crippen molar-refractivity contribution < 1.29 is 14.3 Å². The normalized spacial score (nSPS) is 15.7. The van der Waals surface area contributed by atoms with Gasteiger partial charge in [0, 0.05) is 12.6 Å². The van der Waals surface area contributed by atoms with Crippen LogP contribution in [0.3, 0.4) is 0 Å². The topological polar surface area (TPSA) is 64.8 Å². The Morgan fingerprint density at radius 1 is 0.837 bits per heavy atom. The van der Waals surface area contributed by atoms with E-state index >= 15 is 0 Å². The molecule has 0 radical (unpaired) electrons. The highest BCUT2D eigenvalue weighted by atomic mass is 16.5. The summed E-state index contributed by atoms with van der Waals surface area (Å²) >= 11 is 0. The van der Waals surface area contributed by atoms with Crippen LogP contribution in [0.2, 0.25) is 0 Å². The fraction of sp³-hybridized carbons (Fsp3) is 0.658. The Morgan fingerprint density at radius 3 is 2.00 bits per heavy atom. The molecule has 0 aromatic heterocycles. The Balaban J connectivity index is 1.36. The zero-order chi connectivity index (χ0) is 30.8. The maximum Gasteiger partial charge on any atom is 0.312 e. The first kappa shape index (κ1) is 35.1. The second-order valence-corrected chi connectivity index (χ2v) is 13.0. The van der Waals surface area contributed by atoms with Crippen LogP contribution >= 0.6 is 0 Å². The molecule has 1 fully saturated rings. The molecule has 0 spiro atoms. The molecule has 1 aliphatic rings. The van der Waals surface area contributed by atoms with Crippen molar-refractivity contribution in [2.45, 2.75) is 123 Å². The molecule has 0 bridgehead atoms. The van der Waals surface area contributed by atoms with Crippen molar-refractivity contribution in [3.63, 3.8) is 0 Å². The number of carbonyl (C=O) groups excluding carboxylic acids is 1. The Hall–Kier alpha value is -2.37. The predicted octanol–water partition coefficient (Wildman–Crippen LogP) is 8.44. The largest absolute Gasteiger partial charge is 0.493 e. The van der Waals surface area contributed by atoms with Crippen LogP contribution in [-0.4, -0.2) is 50.3 Å². The Kier molecular flexibility index (Phi) is 16.2. The first-order chi connectivity index (χ1) is 21.0. The van der Waals surface area contributed by atoms with Crippen LogP contribution in [-0.2, 0) is 22.4 Å². The molecule has 43 heavy (non-hydrogen) atoms. The van der Waals surface area contributed by atoms with E-state index in [0.29, 0.717) is 0 Å². The van der Waals surface area contributed by atoms with Gasteiger partial charge in [-0.2, -0.15) is 0 Å². The van der Waals surface area contributed by atoms with Crippen LogP contribution in [0.15, 0.2) is 48.5 Å². The molecular formula is C38H60N2O3. The molecule has 0 aliphatic carbocycles. The van der Waals surface area contributed by atoms with Crippen LogP contribution < -0.4 is 10.5 Å². The van der Waals surface area contributed by atoms with Gasteiger partial charge in [0.05, 0.1) is 19.1 Å². The highest BCUT2D eigenvalue weighted by Gasteiger charge is 2.42. The van der Waals surface area contributed by atoms with Gasteiger partial charge in [-0.05, 0) is 74.9 Å². The summed E-state index contributed by atoms with van der Waals surface area (Å²) in [5.41, 5.74) is 9.88. The van der Waals surface area contributed by atoms with Crippen LogP contribution in [0.4, 0.5) is 0 Å². The smallest absolute Gasteiger partial charge is 0.312 e. The molecule has 3 rings (SSSR count). The molecule has 1 atom stereocenters. The number of hydrogen-bond acceptors (Lipinski definition) is 5. The van der Waals surface area contributed by atoms with Crippen LogP contribution in [0.25, 0.3) is 0 Å². The highest BCUT2D eigenvalue weighted by Crippen LogP contribution is 2.37. The van der Waals surface area contributed by atoms with E-state index in [-0.39, 0.29) is 12.0 Å². The average Bonchev–Trinajstić information content (AvgIpc) is 3.02. The monoisotopic (exact) mass is 592 g/mol. The third-order valence-corrected chi connectivity index (χ3v) is 9.42. The SMILES string of the molecule is CCCCCCCCCCCCCCOc1ccccc1C[C@@H](N)CN1CCC(Cc2ccccc2C)(C(=O)OC)CC1. The lowest BCUT2D eigenvalue weighted by atomic mass is 9.73. The fourth-order valence-electron chi connectivity index (χ4n) is 6.62. The Labute approximate surface area is 262 Å². The summed E-state index contributed by atoms with van der Waals surface area (Å²) in [6.07, 6.45) is 19.3. The van der Waals surface area contributed by atoms with Crippen LogP contribution in [0, 0.1) is 12.3 Å². The number of unbranched alkanes of at least 4 members (excludes halogenated alkanes) is 11. The lowest BCUT2D eigenvalue weighted by Gasteiger charge is -2.40. The van der Waals surface area contributed by atoms with Gasteiger partial charge < -0.3 is 20.1 Å². The number of para-hydroxylation sites is 1. The van der Waals surface area contributed by atoms with Gasteiger partial charge in [0.15, 0.2) is 0 Å². The van der Waals surface area contributed by atoms with Crippen LogP contribution in [0.5, 0.6) is 5.75 Å². The molecule has 1 heterocycles. The van der Waals surface area contributed by atoms with Crippen molar-refractivity contribution in [1.29, 1.82) is 0 Å². The first-order valence-corrected chi connectivity index (χ1v) is 17.3. The number of benzene rings is 2. The summed E-state index contributed by atoms with van der Waals surface area (Å²) in [6, 6.07) is 16.7. The van der Waals surface area contributed by atoms with Gasteiger partial charge in [0.2, 0.25) is 0 Å². The molecule has 2 aromatic rings. The molecular weight excluding hydrogens is 532 g/mol. The number of likely N-dealkylation sites (tertiary alicyclic amines) is 1. The first-order valence-electron chi connectivity index (χ1n) is 17.3. The zero-order valence-electron chi connectivity index (χ0n) is 27.6. The van der Waals surface area contributed by atoms with Crippen molar-refractivity contribution in [3.8, 4) is 5.75 Å². The molecule has 0 amide bonds. The third-order valence-electron chi connectivity index (χ3n) is 9.42. The van der Waals surface area contributed by atoms with Gasteiger partial charge in [-0.1, -0.05) is 120 Å². The molecule has 0 unspecified atom stereocenters. The second-order valence-electron chi connectivity index (χ2n) is 13.0. The number of ether oxygens (including phenoxy) is 2. The van der Waals surface area contributed by atoms with E-state index in [9.17, 15) is 4.79 Å². The summed E-state index contributed by atoms with van der Waals surface area (Å²) in [6.45, 7) is 7.69. The summed E-state index contributed by atoms with van der Waals surface area (Å²) in [5.74, 6) is 0.890. The quantitative estimate of drug-likeness (QED) is 0.116. The van der Waals surface area contributed by atoms with Gasteiger partial charge >= 0.3 is 5.97 Å². The number of carbonyl (C=O) groups is 1. The molecule has 5 heteroatoms. The molecule has 5 nitrogen and oxygen atoms in total. The van der Waals surface area contributed by atoms with E-state index in [1.165, 1.54) is 94.4 Å². The fourth-order valence-corrected chi connectivity index (χ4v) is 6.62. The standard InChI is InChI=1S/C38H60N2O3/c1-4-5-6-7-8-9-10-11-12-13-14-19-28-43-36-23-18-17-21-33(36)29-35(39)31-40-26-24-38(25-27-40,37(41)42-3)30-34-22-16-15-20-32(34)2/h15-18,20-23,35H,4-14,19,24-31,39H2,1-3H3/t35-/m1/s1. The van der Waals surface area contributed by atoms with Gasteiger partial charge in [0.1, 0.15) is 5.75 Å². The summed E-state index contributed by atoms with van der Waals surface area (Å²) in [5, 5.41) is 0. The predicted molar refractivity (Wildman–Crippen MR) is 180 cm³/mol. The molecule has 2 N–H and O–H groups in total. The lowest BCUT2D eigenvalue weighted by Crippen LogP contribution is -2.49. The van der Waals surface area contributed by atoms with E-state index in [1.807, 2.05) is 0 Å². The maximum absolute atomic E-state index is 13.0. The van der Waals surface area contributed by atoms with E-state index in [0.717, 1.165) is 64.1 Å². The van der Waals surface area contributed by atoms with Crippen molar-refractivity contribution in [2.24, 2.45) is 11.1 Å². The number of rotatable bonds is 21. The van der Waals surface area contributed by atoms with Crippen molar-refractivity contribution in [2.75, 3.05) is 33.4 Å². The summed E-state index contributed by atoms with van der Waals surface area (Å²) in [4.78, 5) is 15.4. The minimum absolute atomic E-state index is 0.0124. The van der Waals surface area contributed by atoms with E-state index < -0.39 is 5.41 Å². The average molecular weight is 593 g/mol. The number of aryl methyl sites for hydroxylation is 1. The summed E-state index contributed by atoms with van der Waals surface area (Å²) < 4.78 is 11.5. The number of hydrogen-bond donors (Lipinski definition) is 1. The number of nitrogens with zero attached hydrogens (tertiary/aromatic N) is 1. The minimum Gasteiger partial charge on any atom is -0.493 e. The highest BCUT2D eigenvalue weighted by molar-refractivity contribution is 5.77. The second kappa shape index (κ2) is 19.8. The van der Waals surface area contributed by atoms with E-state index in [2.05, 4.69) is 67.3 Å². The van der Waals surface area contributed by atoms with Crippen molar-refractivity contribution in [1.82, 2.24) is 4.90 Å². The number of methoxy groups -OCH3 is 1. The van der Waals surface area contributed by atoms with E-state index in [4.69, 9.17) is 15.2 Å². The zero-order valence-corrected chi connectivity index (χ0v) is 27.6. The lowest BCUT2D eigenvalue weighted by molar-refractivity contribution is -0.156. The number of piperidine rings is 1. The van der Waals surface area contributed by atoms with E-state index in [1.54, 1.807) is 0 Å². The van der Waals surface area contributed by atoms with Crippen molar-refractivity contribution >= 4 is 5.97 Å². The maximum atomic E-state index is 13.0. The molecule has 1 aliphatic heterocycles. The summed E-state index contributed by atoms with van der Waals surface area (Å²) in [7, 11) is 1.52. The van der Waals surface area contributed by atoms with Gasteiger partial charge in [-0.25, -0.2) is 0 Å². The molecule has 2 aromatic carbocycles.